The maximum absolute atomic E-state index is 11.7. The van der Waals surface area contributed by atoms with Gasteiger partial charge in [-0.25, -0.2) is 4.98 Å². The van der Waals surface area contributed by atoms with Gasteiger partial charge in [-0.1, -0.05) is 0 Å². The second kappa shape index (κ2) is 4.55. The molecule has 2 heterocycles. The summed E-state index contributed by atoms with van der Waals surface area (Å²) in [6.45, 7) is 0.494. The minimum atomic E-state index is -0.0697. The van der Waals surface area contributed by atoms with Gasteiger partial charge in [-0.15, -0.1) is 11.6 Å². The highest BCUT2D eigenvalue weighted by Crippen LogP contribution is 2.23. The Morgan fingerprint density at radius 2 is 2.47 bits per heavy atom. The summed E-state index contributed by atoms with van der Waals surface area (Å²) < 4.78 is 0. The molecule has 17 heavy (non-hydrogen) atoms. The summed E-state index contributed by atoms with van der Waals surface area (Å²) in [6, 6.07) is 1.87. The Hall–Kier alpha value is -1.87. The van der Waals surface area contributed by atoms with Gasteiger partial charge in [0.05, 0.1) is 6.20 Å². The zero-order valence-corrected chi connectivity index (χ0v) is 9.68. The van der Waals surface area contributed by atoms with Crippen molar-refractivity contribution in [2.24, 2.45) is 5.92 Å². The number of hydrogen-bond acceptors (Lipinski definition) is 5. The predicted molar refractivity (Wildman–Crippen MR) is 62.3 cm³/mol. The molecule has 0 saturated carbocycles. The van der Waals surface area contributed by atoms with E-state index in [1.165, 1.54) is 11.1 Å². The molecule has 0 spiro atoms. The molecule has 0 radical (unpaired) electrons. The van der Waals surface area contributed by atoms with Crippen molar-refractivity contribution in [3.63, 3.8) is 0 Å². The average Bonchev–Trinajstić information content (AvgIpc) is 2.70. The molecule has 1 aromatic heterocycles. The van der Waals surface area contributed by atoms with Crippen LogP contribution in [0.1, 0.15) is 12.0 Å². The maximum atomic E-state index is 11.7. The van der Waals surface area contributed by atoms with Crippen LogP contribution < -0.4 is 10.6 Å². The lowest BCUT2D eigenvalue weighted by atomic mass is 10.2. The molecule has 0 bridgehead atoms. The number of nitrogens with two attached hydrogens (primary N) is 1. The Labute approximate surface area is 103 Å². The van der Waals surface area contributed by atoms with Crippen molar-refractivity contribution in [1.82, 2.24) is 9.97 Å². The first-order chi connectivity index (χ1) is 8.15. The molecule has 7 heteroatoms. The summed E-state index contributed by atoms with van der Waals surface area (Å²) >= 11 is 5.72. The molecule has 1 fully saturated rings. The predicted octanol–water partition coefficient (Wildman–Crippen LogP) is 0.522. The SMILES string of the molecule is N#Cc1cnc(N2CC(CCl)CC2=O)nc1N. The lowest BCUT2D eigenvalue weighted by Gasteiger charge is -2.14. The van der Waals surface area contributed by atoms with Crippen LogP contribution in [0.4, 0.5) is 11.8 Å². The third-order valence-electron chi connectivity index (χ3n) is 2.59. The summed E-state index contributed by atoms with van der Waals surface area (Å²) in [5.41, 5.74) is 5.78. The Kier molecular flexibility index (Phi) is 3.11. The minimum absolute atomic E-state index is 0.0697. The highest BCUT2D eigenvalue weighted by molar-refractivity contribution is 6.18. The first-order valence-corrected chi connectivity index (χ1v) is 5.58. The second-order valence-electron chi connectivity index (χ2n) is 3.81. The van der Waals surface area contributed by atoms with Gasteiger partial charge in [-0.05, 0) is 5.92 Å². The van der Waals surface area contributed by atoms with E-state index < -0.39 is 0 Å². The summed E-state index contributed by atoms with van der Waals surface area (Å²) in [5, 5.41) is 8.70. The molecule has 0 aliphatic carbocycles. The van der Waals surface area contributed by atoms with E-state index in [0.717, 1.165) is 0 Å². The number of hydrogen-bond donors (Lipinski definition) is 1. The highest BCUT2D eigenvalue weighted by atomic mass is 35.5. The standard InChI is InChI=1S/C10H10ClN5O/c11-2-6-1-8(17)16(5-6)10-14-4-7(3-12)9(13)15-10/h4,6H,1-2,5H2,(H2,13,14,15). The van der Waals surface area contributed by atoms with Crippen LogP contribution in [0.5, 0.6) is 0 Å². The molecule has 88 valence electrons. The van der Waals surface area contributed by atoms with Gasteiger partial charge in [-0.2, -0.15) is 10.2 Å². The van der Waals surface area contributed by atoms with Gasteiger partial charge >= 0.3 is 0 Å². The molecule has 2 N–H and O–H groups in total. The fourth-order valence-electron chi connectivity index (χ4n) is 1.68. The Morgan fingerprint density at radius 3 is 3.00 bits per heavy atom. The molecule has 1 aromatic rings. The Balaban J connectivity index is 2.27. The van der Waals surface area contributed by atoms with Crippen LogP contribution in [0.2, 0.25) is 0 Å². The van der Waals surface area contributed by atoms with Crippen LogP contribution >= 0.6 is 11.6 Å². The smallest absolute Gasteiger partial charge is 0.234 e. The molecular formula is C10H10ClN5O. The number of anilines is 2. The normalized spacial score (nSPS) is 19.4. The zero-order chi connectivity index (χ0) is 12.4. The van der Waals surface area contributed by atoms with Crippen molar-refractivity contribution in [3.05, 3.63) is 11.8 Å². The van der Waals surface area contributed by atoms with Crippen LogP contribution in [0, 0.1) is 17.2 Å². The van der Waals surface area contributed by atoms with Gasteiger partial charge in [0, 0.05) is 18.8 Å². The monoisotopic (exact) mass is 251 g/mol. The summed E-state index contributed by atoms with van der Waals surface area (Å²) in [7, 11) is 0. The van der Waals surface area contributed by atoms with Crippen molar-refractivity contribution in [3.8, 4) is 6.07 Å². The van der Waals surface area contributed by atoms with Gasteiger partial charge in [-0.3, -0.25) is 9.69 Å². The topological polar surface area (TPSA) is 95.9 Å². The second-order valence-corrected chi connectivity index (χ2v) is 4.12. The number of nitrogen functional groups attached to an aromatic ring is 1. The molecule has 1 atom stereocenters. The number of amides is 1. The van der Waals surface area contributed by atoms with Crippen LogP contribution in [-0.2, 0) is 4.79 Å². The van der Waals surface area contributed by atoms with Crippen molar-refractivity contribution in [2.75, 3.05) is 23.1 Å². The van der Waals surface area contributed by atoms with Crippen LogP contribution in [0.3, 0.4) is 0 Å². The average molecular weight is 252 g/mol. The molecular weight excluding hydrogens is 242 g/mol. The number of nitriles is 1. The number of aromatic nitrogens is 2. The number of carbonyl (C=O) groups excluding carboxylic acids is 1. The molecule has 6 nitrogen and oxygen atoms in total. The zero-order valence-electron chi connectivity index (χ0n) is 8.93. The quantitative estimate of drug-likeness (QED) is 0.773. The first kappa shape index (κ1) is 11.6. The third-order valence-corrected chi connectivity index (χ3v) is 3.03. The first-order valence-electron chi connectivity index (χ1n) is 5.04. The molecule has 1 aliphatic rings. The number of nitrogens with zero attached hydrogens (tertiary/aromatic N) is 4. The van der Waals surface area contributed by atoms with Crippen LogP contribution in [0.25, 0.3) is 0 Å². The van der Waals surface area contributed by atoms with Crippen molar-refractivity contribution in [2.45, 2.75) is 6.42 Å². The van der Waals surface area contributed by atoms with Crippen LogP contribution in [0.15, 0.2) is 6.20 Å². The summed E-state index contributed by atoms with van der Waals surface area (Å²) in [5.74, 6) is 0.789. The maximum Gasteiger partial charge on any atom is 0.234 e. The highest BCUT2D eigenvalue weighted by Gasteiger charge is 2.31. The minimum Gasteiger partial charge on any atom is -0.382 e. The van der Waals surface area contributed by atoms with Crippen molar-refractivity contribution < 1.29 is 4.79 Å². The molecule has 2 rings (SSSR count). The van der Waals surface area contributed by atoms with E-state index in [4.69, 9.17) is 22.6 Å². The van der Waals surface area contributed by atoms with E-state index in [1.807, 2.05) is 6.07 Å². The molecule has 1 amide bonds. The molecule has 0 aromatic carbocycles. The lowest BCUT2D eigenvalue weighted by molar-refractivity contribution is -0.117. The molecule has 1 aliphatic heterocycles. The largest absolute Gasteiger partial charge is 0.382 e. The van der Waals surface area contributed by atoms with E-state index >= 15 is 0 Å². The van der Waals surface area contributed by atoms with E-state index in [2.05, 4.69) is 9.97 Å². The van der Waals surface area contributed by atoms with Gasteiger partial charge in [0.15, 0.2) is 0 Å². The van der Waals surface area contributed by atoms with Gasteiger partial charge in [0.1, 0.15) is 17.5 Å². The number of alkyl halides is 1. The third kappa shape index (κ3) is 2.15. The van der Waals surface area contributed by atoms with E-state index in [0.29, 0.717) is 18.8 Å². The molecule has 1 saturated heterocycles. The lowest BCUT2D eigenvalue weighted by Crippen LogP contribution is -2.27. The number of rotatable bonds is 2. The Bertz CT molecular complexity index is 498. The van der Waals surface area contributed by atoms with Crippen LogP contribution in [-0.4, -0.2) is 28.3 Å². The fourth-order valence-corrected chi connectivity index (χ4v) is 1.89. The summed E-state index contributed by atoms with van der Waals surface area (Å²) in [6.07, 6.45) is 1.71. The van der Waals surface area contributed by atoms with E-state index in [-0.39, 0.29) is 29.2 Å². The van der Waals surface area contributed by atoms with E-state index in [9.17, 15) is 4.79 Å². The summed E-state index contributed by atoms with van der Waals surface area (Å²) in [4.78, 5) is 21.1. The van der Waals surface area contributed by atoms with E-state index in [1.54, 1.807) is 0 Å². The van der Waals surface area contributed by atoms with Gasteiger partial charge < -0.3 is 5.73 Å². The fraction of sp³-hybridized carbons (Fsp3) is 0.400. The number of halogens is 1. The van der Waals surface area contributed by atoms with Gasteiger partial charge in [0.2, 0.25) is 11.9 Å². The van der Waals surface area contributed by atoms with Gasteiger partial charge in [0.25, 0.3) is 0 Å². The van der Waals surface area contributed by atoms with Crippen molar-refractivity contribution in [1.29, 1.82) is 5.26 Å². The number of carbonyl (C=O) groups is 1. The molecule has 1 unspecified atom stereocenters. The van der Waals surface area contributed by atoms with Crippen molar-refractivity contribution >= 4 is 29.3 Å². The Morgan fingerprint density at radius 1 is 1.71 bits per heavy atom.